The highest BCUT2D eigenvalue weighted by Crippen LogP contribution is 2.63. The minimum absolute atomic E-state index is 0.0212. The van der Waals surface area contributed by atoms with Gasteiger partial charge in [0.15, 0.2) is 5.82 Å². The number of nitrogens with zero attached hydrogens (tertiary/aromatic N) is 2. The van der Waals surface area contributed by atoms with Crippen LogP contribution in [0.5, 0.6) is 0 Å². The van der Waals surface area contributed by atoms with Crippen molar-refractivity contribution in [3.8, 4) is 0 Å². The van der Waals surface area contributed by atoms with E-state index in [1.807, 2.05) is 17.9 Å². The van der Waals surface area contributed by atoms with Crippen LogP contribution in [0.1, 0.15) is 48.8 Å². The maximum Gasteiger partial charge on any atom is 0.290 e. The zero-order valence-corrected chi connectivity index (χ0v) is 16.5. The number of carbonyl (C=O) groups is 1. The molecule has 150 valence electrons. The van der Waals surface area contributed by atoms with E-state index < -0.39 is 0 Å². The van der Waals surface area contributed by atoms with E-state index in [1.165, 1.54) is 17.7 Å². The van der Waals surface area contributed by atoms with Crippen LogP contribution in [0.15, 0.2) is 48.5 Å². The van der Waals surface area contributed by atoms with Gasteiger partial charge in [0.2, 0.25) is 0 Å². The lowest BCUT2D eigenvalue weighted by Gasteiger charge is -2.32. The highest BCUT2D eigenvalue weighted by atomic mass is 19.1. The number of likely N-dealkylation sites (N-methyl/N-ethyl adjacent to an activating group) is 1. The predicted molar refractivity (Wildman–Crippen MR) is 110 cm³/mol. The molecule has 0 spiro atoms. The monoisotopic (exact) mass is 392 g/mol. The van der Waals surface area contributed by atoms with Crippen LogP contribution in [0.3, 0.4) is 0 Å². The summed E-state index contributed by atoms with van der Waals surface area (Å²) in [6.07, 6.45) is 4.16. The van der Waals surface area contributed by atoms with Crippen molar-refractivity contribution in [2.24, 2.45) is 0 Å². The van der Waals surface area contributed by atoms with Crippen LogP contribution in [0.4, 0.5) is 4.39 Å². The lowest BCUT2D eigenvalue weighted by Crippen LogP contribution is -2.49. The van der Waals surface area contributed by atoms with Crippen LogP contribution < -0.4 is 5.32 Å². The van der Waals surface area contributed by atoms with Crippen molar-refractivity contribution in [1.29, 1.82) is 0 Å². The Morgan fingerprint density at radius 1 is 1.24 bits per heavy atom. The molecule has 0 saturated heterocycles. The van der Waals surface area contributed by atoms with Gasteiger partial charge in [0.05, 0.1) is 16.6 Å². The molecule has 1 aromatic heterocycles. The summed E-state index contributed by atoms with van der Waals surface area (Å²) in [4.78, 5) is 22.8. The van der Waals surface area contributed by atoms with E-state index in [1.54, 1.807) is 6.07 Å². The van der Waals surface area contributed by atoms with Gasteiger partial charge in [-0.05, 0) is 56.4 Å². The van der Waals surface area contributed by atoms with Gasteiger partial charge in [0.1, 0.15) is 5.82 Å². The second-order valence-electron chi connectivity index (χ2n) is 8.28. The predicted octanol–water partition coefficient (Wildman–Crippen LogP) is 4.02. The smallest absolute Gasteiger partial charge is 0.290 e. The van der Waals surface area contributed by atoms with E-state index in [-0.39, 0.29) is 28.6 Å². The van der Waals surface area contributed by atoms with Gasteiger partial charge in [-0.25, -0.2) is 9.37 Å². The van der Waals surface area contributed by atoms with Gasteiger partial charge >= 0.3 is 0 Å². The standard InChI is InChI=1S/C23H25FN4O/c1-2-28(21(29)20-26-18-10-9-17(24)13-19(18)27-20)23-12-6-11-22(23,15-23)25-14-16-7-4-3-5-8-16/h3-5,7-10,13,25H,2,6,11-12,14-15H2,1H3,(H,26,27)/t22-,23+/m0/s1. The quantitative estimate of drug-likeness (QED) is 0.666. The molecule has 0 radical (unpaired) electrons. The minimum Gasteiger partial charge on any atom is -0.334 e. The number of H-pyrrole nitrogens is 1. The van der Waals surface area contributed by atoms with E-state index in [4.69, 9.17) is 0 Å². The van der Waals surface area contributed by atoms with Crippen molar-refractivity contribution in [1.82, 2.24) is 20.2 Å². The molecule has 2 atom stereocenters. The van der Waals surface area contributed by atoms with Crippen molar-refractivity contribution >= 4 is 16.9 Å². The Morgan fingerprint density at radius 3 is 2.86 bits per heavy atom. The number of imidazole rings is 1. The molecule has 6 heteroatoms. The van der Waals surface area contributed by atoms with Crippen molar-refractivity contribution in [2.75, 3.05) is 6.54 Å². The summed E-state index contributed by atoms with van der Waals surface area (Å²) in [6, 6.07) is 14.7. The maximum absolute atomic E-state index is 13.5. The van der Waals surface area contributed by atoms with Crippen molar-refractivity contribution in [3.05, 3.63) is 65.7 Å². The van der Waals surface area contributed by atoms with E-state index in [0.717, 1.165) is 32.2 Å². The molecule has 2 aromatic carbocycles. The van der Waals surface area contributed by atoms with Crippen LogP contribution in [0.2, 0.25) is 0 Å². The van der Waals surface area contributed by atoms with E-state index in [0.29, 0.717) is 17.6 Å². The number of nitrogens with one attached hydrogen (secondary N) is 2. The fourth-order valence-electron chi connectivity index (χ4n) is 5.31. The highest BCUT2D eigenvalue weighted by Gasteiger charge is 2.73. The number of hydrogen-bond donors (Lipinski definition) is 2. The Bertz CT molecular complexity index is 1070. The second-order valence-corrected chi connectivity index (χ2v) is 8.28. The number of aromatic amines is 1. The van der Waals surface area contributed by atoms with Crippen LogP contribution >= 0.6 is 0 Å². The van der Waals surface area contributed by atoms with Gasteiger partial charge in [-0.15, -0.1) is 0 Å². The molecule has 0 unspecified atom stereocenters. The molecular weight excluding hydrogens is 367 g/mol. The Balaban J connectivity index is 1.39. The lowest BCUT2D eigenvalue weighted by atomic mass is 10.1. The Morgan fingerprint density at radius 2 is 2.07 bits per heavy atom. The molecule has 2 fully saturated rings. The summed E-state index contributed by atoms with van der Waals surface area (Å²) < 4.78 is 13.5. The first-order valence-corrected chi connectivity index (χ1v) is 10.3. The molecule has 29 heavy (non-hydrogen) atoms. The number of fused-ring (bicyclic) bond motifs is 2. The first-order valence-electron chi connectivity index (χ1n) is 10.3. The topological polar surface area (TPSA) is 61.0 Å². The molecular formula is C23H25FN4O. The Labute approximate surface area is 169 Å². The average molecular weight is 392 g/mol. The van der Waals surface area contributed by atoms with Gasteiger partial charge in [-0.3, -0.25) is 4.79 Å². The Hall–Kier alpha value is -2.73. The number of carbonyl (C=O) groups excluding carboxylic acids is 1. The lowest BCUT2D eigenvalue weighted by molar-refractivity contribution is 0.0625. The van der Waals surface area contributed by atoms with Gasteiger partial charge in [0.25, 0.3) is 5.91 Å². The van der Waals surface area contributed by atoms with Crippen molar-refractivity contribution < 1.29 is 9.18 Å². The molecule has 0 bridgehead atoms. The fraction of sp³-hybridized carbons (Fsp3) is 0.391. The number of hydrogen-bond acceptors (Lipinski definition) is 3. The maximum atomic E-state index is 13.5. The second kappa shape index (κ2) is 6.66. The number of halogens is 1. The molecule has 5 nitrogen and oxygen atoms in total. The third-order valence-corrected chi connectivity index (χ3v) is 6.75. The van der Waals surface area contributed by atoms with E-state index in [2.05, 4.69) is 39.6 Å². The van der Waals surface area contributed by atoms with Crippen molar-refractivity contribution in [2.45, 2.75) is 50.2 Å². The van der Waals surface area contributed by atoms with E-state index in [9.17, 15) is 9.18 Å². The Kier molecular flexibility index (Phi) is 4.21. The molecule has 2 saturated carbocycles. The fourth-order valence-corrected chi connectivity index (χ4v) is 5.31. The van der Waals surface area contributed by atoms with Crippen LogP contribution in [-0.4, -0.2) is 38.4 Å². The number of aromatic nitrogens is 2. The minimum atomic E-state index is -0.340. The molecule has 1 heterocycles. The summed E-state index contributed by atoms with van der Waals surface area (Å²) in [5.41, 5.74) is 2.24. The highest BCUT2D eigenvalue weighted by molar-refractivity contribution is 5.95. The zero-order valence-electron chi connectivity index (χ0n) is 16.5. The summed E-state index contributed by atoms with van der Waals surface area (Å²) in [5, 5.41) is 3.77. The van der Waals surface area contributed by atoms with Crippen molar-refractivity contribution in [3.63, 3.8) is 0 Å². The molecule has 2 aliphatic carbocycles. The third-order valence-electron chi connectivity index (χ3n) is 6.75. The molecule has 2 N–H and O–H groups in total. The molecule has 0 aliphatic heterocycles. The number of benzene rings is 2. The summed E-state index contributed by atoms with van der Waals surface area (Å²) >= 11 is 0. The van der Waals surface area contributed by atoms with Gasteiger partial charge in [-0.1, -0.05) is 30.3 Å². The molecule has 3 aromatic rings. The number of rotatable bonds is 6. The first-order chi connectivity index (χ1) is 14.1. The largest absolute Gasteiger partial charge is 0.334 e. The van der Waals surface area contributed by atoms with Gasteiger partial charge in [0, 0.05) is 18.6 Å². The third kappa shape index (κ3) is 2.85. The first kappa shape index (κ1) is 18.3. The molecule has 2 aliphatic rings. The van der Waals surface area contributed by atoms with Gasteiger partial charge < -0.3 is 15.2 Å². The number of amides is 1. The van der Waals surface area contributed by atoms with E-state index >= 15 is 0 Å². The van der Waals surface area contributed by atoms with Crippen LogP contribution in [-0.2, 0) is 6.54 Å². The zero-order chi connectivity index (χ0) is 20.1. The average Bonchev–Trinajstić information content (AvgIpc) is 3.02. The van der Waals surface area contributed by atoms with Crippen LogP contribution in [0.25, 0.3) is 11.0 Å². The molecule has 5 rings (SSSR count). The SMILES string of the molecule is CCN(C(=O)c1nc2ccc(F)cc2[nH]1)[C@@]12CCC[C@]1(NCc1ccccc1)C2. The van der Waals surface area contributed by atoms with Gasteiger partial charge in [-0.2, -0.15) is 0 Å². The summed E-state index contributed by atoms with van der Waals surface area (Å²) in [6.45, 7) is 3.45. The molecule has 1 amide bonds. The summed E-state index contributed by atoms with van der Waals surface area (Å²) in [5.74, 6) is -0.153. The van der Waals surface area contributed by atoms with Crippen LogP contribution in [0, 0.1) is 5.82 Å². The normalized spacial score (nSPS) is 25.2. The summed E-state index contributed by atoms with van der Waals surface area (Å²) in [7, 11) is 0.